The predicted molar refractivity (Wildman–Crippen MR) is 55.3 cm³/mol. The van der Waals surface area contributed by atoms with Gasteiger partial charge in [0.1, 0.15) is 0 Å². The summed E-state index contributed by atoms with van der Waals surface area (Å²) in [6.07, 6.45) is 9.02. The van der Waals surface area contributed by atoms with Crippen LogP contribution in [0.15, 0.2) is 17.9 Å². The zero-order valence-electron chi connectivity index (χ0n) is 8.40. The molecule has 1 heteroatoms. The lowest BCUT2D eigenvalue weighted by Gasteiger charge is -1.99. The fourth-order valence-electron chi connectivity index (χ4n) is 0.999. The molecule has 0 amide bonds. The summed E-state index contributed by atoms with van der Waals surface area (Å²) in [5.41, 5.74) is 3.08. The fourth-order valence-corrected chi connectivity index (χ4v) is 0.999. The molecular formula is C11H21N. The van der Waals surface area contributed by atoms with E-state index in [1.165, 1.54) is 19.3 Å². The molecule has 0 fully saturated rings. The Morgan fingerprint density at radius 2 is 2.08 bits per heavy atom. The summed E-state index contributed by atoms with van der Waals surface area (Å²) < 4.78 is 0. The Hall–Kier alpha value is -0.520. The first-order chi connectivity index (χ1) is 5.91. The van der Waals surface area contributed by atoms with Gasteiger partial charge in [0.05, 0.1) is 0 Å². The zero-order chi connectivity index (χ0) is 9.07. The molecule has 0 unspecified atom stereocenters. The van der Waals surface area contributed by atoms with Gasteiger partial charge in [-0.2, -0.15) is 0 Å². The van der Waals surface area contributed by atoms with Gasteiger partial charge in [0, 0.05) is 0 Å². The first-order valence-corrected chi connectivity index (χ1v) is 4.98. The maximum atomic E-state index is 3.38. The molecule has 0 saturated carbocycles. The van der Waals surface area contributed by atoms with Crippen molar-refractivity contribution >= 4 is 0 Å². The van der Waals surface area contributed by atoms with Gasteiger partial charge in [-0.1, -0.05) is 6.92 Å². The first kappa shape index (κ1) is 11.5. The number of hydrogen-bond acceptors (Lipinski definition) is 1. The second kappa shape index (κ2) is 10.5. The van der Waals surface area contributed by atoms with E-state index in [4.69, 9.17) is 0 Å². The SMILES string of the molecule is CC=C=CCCCCNCCC. The van der Waals surface area contributed by atoms with Gasteiger partial charge < -0.3 is 5.32 Å². The Morgan fingerprint density at radius 1 is 1.25 bits per heavy atom. The molecule has 0 bridgehead atoms. The maximum Gasteiger partial charge on any atom is -0.00488 e. The van der Waals surface area contributed by atoms with Crippen LogP contribution in [0.3, 0.4) is 0 Å². The van der Waals surface area contributed by atoms with Crippen LogP contribution in [0.2, 0.25) is 0 Å². The van der Waals surface area contributed by atoms with Crippen LogP contribution in [0.4, 0.5) is 0 Å². The molecule has 12 heavy (non-hydrogen) atoms. The van der Waals surface area contributed by atoms with Crippen LogP contribution in [0, 0.1) is 0 Å². The highest BCUT2D eigenvalue weighted by atomic mass is 14.8. The lowest BCUT2D eigenvalue weighted by atomic mass is 10.2. The molecule has 70 valence electrons. The maximum absolute atomic E-state index is 3.38. The van der Waals surface area contributed by atoms with E-state index in [9.17, 15) is 0 Å². The number of allylic oxidation sites excluding steroid dienone is 1. The quantitative estimate of drug-likeness (QED) is 0.454. The van der Waals surface area contributed by atoms with Crippen molar-refractivity contribution in [3.8, 4) is 0 Å². The van der Waals surface area contributed by atoms with Crippen LogP contribution in [-0.2, 0) is 0 Å². The van der Waals surface area contributed by atoms with Gasteiger partial charge in [-0.25, -0.2) is 0 Å². The third-order valence-corrected chi connectivity index (χ3v) is 1.66. The van der Waals surface area contributed by atoms with Crippen molar-refractivity contribution < 1.29 is 0 Å². The highest BCUT2D eigenvalue weighted by Crippen LogP contribution is 1.94. The molecule has 0 aromatic rings. The fraction of sp³-hybridized carbons (Fsp3) is 0.727. The number of unbranched alkanes of at least 4 members (excludes halogenated alkanes) is 2. The molecule has 0 rings (SSSR count). The van der Waals surface area contributed by atoms with E-state index in [2.05, 4.69) is 24.0 Å². The van der Waals surface area contributed by atoms with E-state index >= 15 is 0 Å². The van der Waals surface area contributed by atoms with Crippen molar-refractivity contribution in [2.24, 2.45) is 0 Å². The highest BCUT2D eigenvalue weighted by Gasteiger charge is 1.85. The molecule has 0 aromatic carbocycles. The largest absolute Gasteiger partial charge is 0.317 e. The lowest BCUT2D eigenvalue weighted by molar-refractivity contribution is 0.620. The van der Waals surface area contributed by atoms with Gasteiger partial charge in [0.15, 0.2) is 0 Å². The molecule has 1 N–H and O–H groups in total. The zero-order valence-corrected chi connectivity index (χ0v) is 8.40. The monoisotopic (exact) mass is 167 g/mol. The molecule has 1 nitrogen and oxygen atoms in total. The van der Waals surface area contributed by atoms with E-state index in [-0.39, 0.29) is 0 Å². The minimum atomic E-state index is 1.16. The molecule has 0 atom stereocenters. The van der Waals surface area contributed by atoms with E-state index in [1.54, 1.807) is 0 Å². The van der Waals surface area contributed by atoms with Gasteiger partial charge in [-0.3, -0.25) is 0 Å². The van der Waals surface area contributed by atoms with E-state index in [0.29, 0.717) is 0 Å². The molecule has 0 heterocycles. The molecule has 0 spiro atoms. The van der Waals surface area contributed by atoms with Crippen LogP contribution in [0.1, 0.15) is 39.5 Å². The molecule has 0 aliphatic heterocycles. The third-order valence-electron chi connectivity index (χ3n) is 1.66. The van der Waals surface area contributed by atoms with Gasteiger partial charge in [-0.15, -0.1) is 5.73 Å². The van der Waals surface area contributed by atoms with E-state index in [1.807, 2.05) is 13.0 Å². The van der Waals surface area contributed by atoms with Crippen molar-refractivity contribution in [3.05, 3.63) is 17.9 Å². The Kier molecular flexibility index (Phi) is 10.0. The van der Waals surface area contributed by atoms with Crippen molar-refractivity contribution in [1.29, 1.82) is 0 Å². The Labute approximate surface area is 76.6 Å². The van der Waals surface area contributed by atoms with Crippen LogP contribution in [0.25, 0.3) is 0 Å². The van der Waals surface area contributed by atoms with Crippen LogP contribution in [0.5, 0.6) is 0 Å². The standard InChI is InChI=1S/C11H21N/c1-3-5-6-7-8-9-11-12-10-4-2/h3,6,12H,4,7-11H2,1-2H3. The average Bonchev–Trinajstić information content (AvgIpc) is 2.10. The summed E-state index contributed by atoms with van der Waals surface area (Å²) in [4.78, 5) is 0. The van der Waals surface area contributed by atoms with Crippen LogP contribution < -0.4 is 5.32 Å². The molecule has 0 aliphatic carbocycles. The van der Waals surface area contributed by atoms with Gasteiger partial charge >= 0.3 is 0 Å². The van der Waals surface area contributed by atoms with Crippen molar-refractivity contribution in [3.63, 3.8) is 0 Å². The second-order valence-electron chi connectivity index (χ2n) is 2.91. The smallest absolute Gasteiger partial charge is 0.00488 e. The summed E-state index contributed by atoms with van der Waals surface area (Å²) >= 11 is 0. The molecule has 0 saturated heterocycles. The number of nitrogens with one attached hydrogen (secondary N) is 1. The lowest BCUT2D eigenvalue weighted by Crippen LogP contribution is -2.15. The van der Waals surface area contributed by atoms with Gasteiger partial charge in [0.25, 0.3) is 0 Å². The van der Waals surface area contributed by atoms with Gasteiger partial charge in [-0.05, 0) is 57.8 Å². The topological polar surface area (TPSA) is 12.0 Å². The second-order valence-corrected chi connectivity index (χ2v) is 2.91. The van der Waals surface area contributed by atoms with Crippen LogP contribution >= 0.6 is 0 Å². The van der Waals surface area contributed by atoms with E-state index < -0.39 is 0 Å². The summed E-state index contributed by atoms with van der Waals surface area (Å²) in [7, 11) is 0. The summed E-state index contributed by atoms with van der Waals surface area (Å²) in [5.74, 6) is 0. The van der Waals surface area contributed by atoms with Crippen molar-refractivity contribution in [1.82, 2.24) is 5.32 Å². The minimum Gasteiger partial charge on any atom is -0.317 e. The average molecular weight is 167 g/mol. The Morgan fingerprint density at radius 3 is 2.75 bits per heavy atom. The van der Waals surface area contributed by atoms with Gasteiger partial charge in [0.2, 0.25) is 0 Å². The molecule has 0 aromatic heterocycles. The Balaban J connectivity index is 2.96. The number of hydrogen-bond donors (Lipinski definition) is 1. The third kappa shape index (κ3) is 9.48. The summed E-state index contributed by atoms with van der Waals surface area (Å²) in [6.45, 7) is 6.52. The summed E-state index contributed by atoms with van der Waals surface area (Å²) in [6, 6.07) is 0. The highest BCUT2D eigenvalue weighted by molar-refractivity contribution is 4.81. The first-order valence-electron chi connectivity index (χ1n) is 4.98. The van der Waals surface area contributed by atoms with Crippen molar-refractivity contribution in [2.45, 2.75) is 39.5 Å². The predicted octanol–water partition coefficient (Wildman–Crippen LogP) is 2.89. The van der Waals surface area contributed by atoms with Crippen LogP contribution in [-0.4, -0.2) is 13.1 Å². The minimum absolute atomic E-state index is 1.16. The summed E-state index contributed by atoms with van der Waals surface area (Å²) in [5, 5.41) is 3.38. The number of rotatable bonds is 7. The van der Waals surface area contributed by atoms with E-state index in [0.717, 1.165) is 19.5 Å². The molecule has 0 aliphatic rings. The van der Waals surface area contributed by atoms with Crippen molar-refractivity contribution in [2.75, 3.05) is 13.1 Å². The normalized spacial score (nSPS) is 9.17. The molecular weight excluding hydrogens is 146 g/mol. The molecule has 0 radical (unpaired) electrons. The Bertz CT molecular complexity index is 132.